The van der Waals surface area contributed by atoms with Crippen LogP contribution in [0.2, 0.25) is 0 Å². The van der Waals surface area contributed by atoms with Crippen molar-refractivity contribution in [3.63, 3.8) is 0 Å². The lowest BCUT2D eigenvalue weighted by Gasteiger charge is -2.34. The van der Waals surface area contributed by atoms with E-state index in [2.05, 4.69) is 52.8 Å². The minimum atomic E-state index is -0.508. The van der Waals surface area contributed by atoms with Gasteiger partial charge in [-0.15, -0.1) is 5.10 Å². The summed E-state index contributed by atoms with van der Waals surface area (Å²) in [6.45, 7) is 8.98. The zero-order valence-electron chi connectivity index (χ0n) is 20.0. The molecular formula is C26H32N4O3. The molecule has 2 aromatic carbocycles. The van der Waals surface area contributed by atoms with Gasteiger partial charge in [-0.3, -0.25) is 0 Å². The molecule has 0 unspecified atom stereocenters. The third-order valence-corrected chi connectivity index (χ3v) is 5.74. The molecule has 7 nitrogen and oxygen atoms in total. The average molecular weight is 449 g/mol. The van der Waals surface area contributed by atoms with Crippen LogP contribution in [0.4, 0.5) is 10.6 Å². The Kier molecular flexibility index (Phi) is 6.40. The number of nitrogens with one attached hydrogen (secondary N) is 1. The number of hydrogen-bond donors (Lipinski definition) is 1. The van der Waals surface area contributed by atoms with Crippen molar-refractivity contribution >= 4 is 22.7 Å². The molecule has 0 aliphatic carbocycles. The van der Waals surface area contributed by atoms with Crippen molar-refractivity contribution < 1.29 is 14.3 Å². The molecule has 1 amide bonds. The first-order valence-electron chi connectivity index (χ1n) is 11.4. The minimum absolute atomic E-state index is 0.0729. The topological polar surface area (TPSA) is 76.6 Å². The van der Waals surface area contributed by atoms with Crippen molar-refractivity contribution in [1.82, 2.24) is 15.1 Å². The van der Waals surface area contributed by atoms with Gasteiger partial charge in [0.1, 0.15) is 11.4 Å². The fraction of sp³-hybridized carbons (Fsp3) is 0.423. The van der Waals surface area contributed by atoms with E-state index < -0.39 is 5.60 Å². The molecule has 1 saturated heterocycles. The lowest BCUT2D eigenvalue weighted by Crippen LogP contribution is -2.47. The van der Waals surface area contributed by atoms with Crippen molar-refractivity contribution in [1.29, 1.82) is 0 Å². The van der Waals surface area contributed by atoms with Crippen LogP contribution < -0.4 is 10.1 Å². The van der Waals surface area contributed by atoms with E-state index >= 15 is 0 Å². The van der Waals surface area contributed by atoms with Crippen molar-refractivity contribution in [3.8, 4) is 16.9 Å². The Bertz CT molecular complexity index is 1160. The summed E-state index contributed by atoms with van der Waals surface area (Å²) in [5.74, 6) is 1.56. The zero-order chi connectivity index (χ0) is 23.6. The second-order valence-corrected chi connectivity index (χ2v) is 9.61. The van der Waals surface area contributed by atoms with Crippen LogP contribution in [0.15, 0.2) is 42.6 Å². The van der Waals surface area contributed by atoms with Gasteiger partial charge in [-0.2, -0.15) is 5.10 Å². The number of likely N-dealkylation sites (tertiary alicyclic amines) is 1. The Hall–Kier alpha value is -3.35. The molecule has 0 bridgehead atoms. The number of amides is 1. The molecule has 1 aliphatic rings. The number of anilines is 1. The first kappa shape index (κ1) is 22.8. The summed E-state index contributed by atoms with van der Waals surface area (Å²) < 4.78 is 11.2. The zero-order valence-corrected chi connectivity index (χ0v) is 20.0. The van der Waals surface area contributed by atoms with E-state index in [0.29, 0.717) is 13.1 Å². The van der Waals surface area contributed by atoms with Gasteiger partial charge in [0.25, 0.3) is 0 Å². The molecular weight excluding hydrogens is 416 g/mol. The Labute approximate surface area is 195 Å². The molecule has 1 N–H and O–H groups in total. The number of rotatable bonds is 4. The van der Waals surface area contributed by atoms with Crippen LogP contribution >= 0.6 is 0 Å². The predicted molar refractivity (Wildman–Crippen MR) is 131 cm³/mol. The third kappa shape index (κ3) is 5.35. The van der Waals surface area contributed by atoms with E-state index in [4.69, 9.17) is 9.47 Å². The molecule has 33 heavy (non-hydrogen) atoms. The van der Waals surface area contributed by atoms with Crippen LogP contribution in [0.25, 0.3) is 21.9 Å². The summed E-state index contributed by atoms with van der Waals surface area (Å²) in [6.07, 6.45) is 3.35. The molecule has 1 aromatic heterocycles. The molecule has 0 saturated carbocycles. The standard InChI is InChI=1S/C26H32N4O3/c1-17-8-11-21(23(13-17)32-5)18-9-10-19-15-27-29-24(22(19)14-18)28-20-7-6-12-30(16-20)25(31)33-26(2,3)4/h8-11,13-15,20H,6-7,12,16H2,1-5H3,(H,28,29)/t20-/m1/s1. The predicted octanol–water partition coefficient (Wildman–Crippen LogP) is 5.43. The second-order valence-electron chi connectivity index (χ2n) is 9.61. The summed E-state index contributed by atoms with van der Waals surface area (Å²) in [7, 11) is 1.69. The first-order valence-corrected chi connectivity index (χ1v) is 11.4. The van der Waals surface area contributed by atoms with Crippen molar-refractivity contribution in [2.24, 2.45) is 0 Å². The lowest BCUT2D eigenvalue weighted by molar-refractivity contribution is 0.0206. The van der Waals surface area contributed by atoms with Crippen molar-refractivity contribution in [2.45, 2.75) is 52.2 Å². The minimum Gasteiger partial charge on any atom is -0.496 e. The maximum Gasteiger partial charge on any atom is 0.410 e. The summed E-state index contributed by atoms with van der Waals surface area (Å²) in [5, 5.41) is 14.1. The molecule has 1 aliphatic heterocycles. The highest BCUT2D eigenvalue weighted by atomic mass is 16.6. The molecule has 1 atom stereocenters. The van der Waals surface area contributed by atoms with Crippen LogP contribution in [0.3, 0.4) is 0 Å². The first-order chi connectivity index (χ1) is 15.7. The van der Waals surface area contributed by atoms with Gasteiger partial charge in [-0.05, 0) is 63.8 Å². The van der Waals surface area contributed by atoms with Crippen LogP contribution in [-0.4, -0.2) is 53.0 Å². The molecule has 2 heterocycles. The van der Waals surface area contributed by atoms with Gasteiger partial charge in [-0.25, -0.2) is 4.79 Å². The lowest BCUT2D eigenvalue weighted by atomic mass is 10.00. The number of aromatic nitrogens is 2. The number of benzene rings is 2. The van der Waals surface area contributed by atoms with E-state index in [-0.39, 0.29) is 12.1 Å². The van der Waals surface area contributed by atoms with Crippen molar-refractivity contribution in [2.75, 3.05) is 25.5 Å². The summed E-state index contributed by atoms with van der Waals surface area (Å²) in [4.78, 5) is 14.3. The van der Waals surface area contributed by atoms with E-state index in [1.165, 1.54) is 0 Å². The van der Waals surface area contributed by atoms with E-state index in [9.17, 15) is 4.79 Å². The quantitative estimate of drug-likeness (QED) is 0.574. The number of fused-ring (bicyclic) bond motifs is 1. The monoisotopic (exact) mass is 448 g/mol. The summed E-state index contributed by atoms with van der Waals surface area (Å²) >= 11 is 0. The largest absolute Gasteiger partial charge is 0.496 e. The normalized spacial score (nSPS) is 16.5. The maximum absolute atomic E-state index is 12.5. The van der Waals surface area contributed by atoms with Crippen LogP contribution in [-0.2, 0) is 4.74 Å². The molecule has 3 aromatic rings. The highest BCUT2D eigenvalue weighted by molar-refractivity contribution is 5.95. The molecule has 4 rings (SSSR count). The number of hydrogen-bond acceptors (Lipinski definition) is 6. The number of nitrogens with zero attached hydrogens (tertiary/aromatic N) is 3. The molecule has 7 heteroatoms. The van der Waals surface area contributed by atoms with Crippen molar-refractivity contribution in [3.05, 3.63) is 48.2 Å². The van der Waals surface area contributed by atoms with Gasteiger partial charge in [0.2, 0.25) is 0 Å². The van der Waals surface area contributed by atoms with Gasteiger partial charge in [-0.1, -0.05) is 24.3 Å². The smallest absolute Gasteiger partial charge is 0.410 e. The number of ether oxygens (including phenoxy) is 2. The molecule has 0 spiro atoms. The Morgan fingerprint density at radius 2 is 2.00 bits per heavy atom. The van der Waals surface area contributed by atoms with Gasteiger partial charge in [0.05, 0.1) is 13.3 Å². The number of carbonyl (C=O) groups is 1. The summed E-state index contributed by atoms with van der Waals surface area (Å²) in [6, 6.07) is 12.5. The van der Waals surface area contributed by atoms with Gasteiger partial charge < -0.3 is 19.7 Å². The number of aryl methyl sites for hydroxylation is 1. The van der Waals surface area contributed by atoms with Crippen LogP contribution in [0.5, 0.6) is 5.75 Å². The molecule has 174 valence electrons. The van der Waals surface area contributed by atoms with Crippen LogP contribution in [0, 0.1) is 6.92 Å². The Balaban J connectivity index is 1.59. The summed E-state index contributed by atoms with van der Waals surface area (Å²) in [5.41, 5.74) is 2.72. The number of methoxy groups -OCH3 is 1. The Morgan fingerprint density at radius 3 is 2.76 bits per heavy atom. The van der Waals surface area contributed by atoms with Crippen LogP contribution in [0.1, 0.15) is 39.2 Å². The highest BCUT2D eigenvalue weighted by Crippen LogP contribution is 2.34. The highest BCUT2D eigenvalue weighted by Gasteiger charge is 2.28. The van der Waals surface area contributed by atoms with E-state index in [1.807, 2.05) is 26.8 Å². The number of piperidine rings is 1. The van der Waals surface area contributed by atoms with Gasteiger partial charge in [0, 0.05) is 35.5 Å². The maximum atomic E-state index is 12.5. The van der Waals surface area contributed by atoms with Gasteiger partial charge in [0.15, 0.2) is 5.82 Å². The average Bonchev–Trinajstić information content (AvgIpc) is 2.78. The van der Waals surface area contributed by atoms with E-state index in [1.54, 1.807) is 18.2 Å². The fourth-order valence-corrected chi connectivity index (χ4v) is 4.17. The SMILES string of the molecule is COc1cc(C)ccc1-c1ccc2cnnc(N[C@@H]3CCCN(C(=O)OC(C)(C)C)C3)c2c1. The van der Waals surface area contributed by atoms with E-state index in [0.717, 1.165) is 51.9 Å². The Morgan fingerprint density at radius 1 is 1.18 bits per heavy atom. The molecule has 0 radical (unpaired) electrons. The fourth-order valence-electron chi connectivity index (χ4n) is 4.17. The number of carbonyl (C=O) groups excluding carboxylic acids is 1. The second kappa shape index (κ2) is 9.25. The van der Waals surface area contributed by atoms with Gasteiger partial charge >= 0.3 is 6.09 Å². The third-order valence-electron chi connectivity index (χ3n) is 5.74. The molecule has 1 fully saturated rings.